The molecular weight excluding hydrogens is 242 g/mol. The van der Waals surface area contributed by atoms with Gasteiger partial charge in [-0.3, -0.25) is 9.59 Å². The number of hydrogen-bond donors (Lipinski definition) is 3. The molecule has 19 heavy (non-hydrogen) atoms. The molecule has 0 heterocycles. The van der Waals surface area contributed by atoms with Crippen LogP contribution in [0.4, 0.5) is 5.69 Å². The van der Waals surface area contributed by atoms with Gasteiger partial charge < -0.3 is 16.0 Å². The quantitative estimate of drug-likeness (QED) is 0.718. The lowest BCUT2D eigenvalue weighted by atomic mass is 10.2. The molecule has 5 heteroatoms. The Balaban J connectivity index is 2.30. The number of carbonyl (C=O) groups is 2. The number of benzene rings is 1. The van der Waals surface area contributed by atoms with Crippen molar-refractivity contribution in [1.82, 2.24) is 10.6 Å². The standard InChI is InChI=1S/C14H21N3O2/c1-10(2)15-8-13(18)16-9-14(19)17-12-6-4-5-11(3)7-12/h4-7,10,15H,8-9H2,1-3H3,(H,16,18)(H,17,19). The van der Waals surface area contributed by atoms with Crippen LogP contribution in [-0.4, -0.2) is 30.9 Å². The van der Waals surface area contributed by atoms with Crippen molar-refractivity contribution in [2.45, 2.75) is 26.8 Å². The Labute approximate surface area is 113 Å². The Morgan fingerprint density at radius 1 is 1.16 bits per heavy atom. The van der Waals surface area contributed by atoms with Gasteiger partial charge in [0.25, 0.3) is 0 Å². The first-order valence-electron chi connectivity index (χ1n) is 6.34. The molecule has 0 atom stereocenters. The lowest BCUT2D eigenvalue weighted by molar-refractivity contribution is -0.123. The highest BCUT2D eigenvalue weighted by Crippen LogP contribution is 2.08. The van der Waals surface area contributed by atoms with Crippen molar-refractivity contribution in [3.63, 3.8) is 0 Å². The van der Waals surface area contributed by atoms with Gasteiger partial charge in [-0.05, 0) is 24.6 Å². The summed E-state index contributed by atoms with van der Waals surface area (Å²) in [4.78, 5) is 23.0. The summed E-state index contributed by atoms with van der Waals surface area (Å²) in [6.45, 7) is 6.06. The molecule has 0 fully saturated rings. The zero-order valence-electron chi connectivity index (χ0n) is 11.6. The van der Waals surface area contributed by atoms with E-state index >= 15 is 0 Å². The Morgan fingerprint density at radius 2 is 1.89 bits per heavy atom. The summed E-state index contributed by atoms with van der Waals surface area (Å²) in [7, 11) is 0. The second-order valence-corrected chi connectivity index (χ2v) is 4.73. The van der Waals surface area contributed by atoms with Crippen LogP contribution in [0.2, 0.25) is 0 Å². The molecule has 1 rings (SSSR count). The van der Waals surface area contributed by atoms with Gasteiger partial charge >= 0.3 is 0 Å². The third-order valence-electron chi connectivity index (χ3n) is 2.42. The van der Waals surface area contributed by atoms with Gasteiger partial charge in [0.15, 0.2) is 0 Å². The largest absolute Gasteiger partial charge is 0.346 e. The first kappa shape index (κ1) is 15.2. The molecule has 0 spiro atoms. The van der Waals surface area contributed by atoms with Crippen LogP contribution in [0, 0.1) is 6.92 Å². The number of hydrogen-bond acceptors (Lipinski definition) is 3. The van der Waals surface area contributed by atoms with E-state index in [2.05, 4.69) is 16.0 Å². The Kier molecular flexibility index (Phi) is 6.02. The number of nitrogens with one attached hydrogen (secondary N) is 3. The molecule has 0 bridgehead atoms. The average Bonchev–Trinajstić information content (AvgIpc) is 2.34. The third-order valence-corrected chi connectivity index (χ3v) is 2.42. The van der Waals surface area contributed by atoms with E-state index in [1.54, 1.807) is 0 Å². The monoisotopic (exact) mass is 263 g/mol. The molecule has 5 nitrogen and oxygen atoms in total. The van der Waals surface area contributed by atoms with Crippen LogP contribution in [0.15, 0.2) is 24.3 Å². The van der Waals surface area contributed by atoms with Gasteiger partial charge in [0.05, 0.1) is 13.1 Å². The summed E-state index contributed by atoms with van der Waals surface area (Å²) in [6.07, 6.45) is 0. The van der Waals surface area contributed by atoms with E-state index in [0.717, 1.165) is 11.3 Å². The average molecular weight is 263 g/mol. The molecule has 0 saturated carbocycles. The highest BCUT2D eigenvalue weighted by atomic mass is 16.2. The maximum atomic E-state index is 11.6. The smallest absolute Gasteiger partial charge is 0.243 e. The molecule has 0 aliphatic heterocycles. The molecule has 0 radical (unpaired) electrons. The molecule has 0 aliphatic carbocycles. The van der Waals surface area contributed by atoms with Gasteiger partial charge in [-0.2, -0.15) is 0 Å². The Bertz CT molecular complexity index is 444. The van der Waals surface area contributed by atoms with Crippen LogP contribution < -0.4 is 16.0 Å². The SMILES string of the molecule is Cc1cccc(NC(=O)CNC(=O)CNC(C)C)c1. The summed E-state index contributed by atoms with van der Waals surface area (Å²) < 4.78 is 0. The predicted octanol–water partition coefficient (Wildman–Crippen LogP) is 1.05. The van der Waals surface area contributed by atoms with E-state index in [-0.39, 0.29) is 30.9 Å². The number of carbonyl (C=O) groups excluding carboxylic acids is 2. The summed E-state index contributed by atoms with van der Waals surface area (Å²) in [5.41, 5.74) is 1.81. The van der Waals surface area contributed by atoms with Gasteiger partial charge in [-0.1, -0.05) is 26.0 Å². The third kappa shape index (κ3) is 6.57. The Morgan fingerprint density at radius 3 is 2.53 bits per heavy atom. The van der Waals surface area contributed by atoms with Crippen molar-refractivity contribution in [2.75, 3.05) is 18.4 Å². The molecule has 104 valence electrons. The number of amides is 2. The van der Waals surface area contributed by atoms with Gasteiger partial charge in [0, 0.05) is 11.7 Å². The molecule has 1 aromatic rings. The van der Waals surface area contributed by atoms with Gasteiger partial charge in [-0.15, -0.1) is 0 Å². The molecule has 2 amide bonds. The highest BCUT2D eigenvalue weighted by molar-refractivity contribution is 5.94. The molecule has 0 saturated heterocycles. The molecule has 0 aliphatic rings. The lowest BCUT2D eigenvalue weighted by Gasteiger charge is -2.09. The minimum absolute atomic E-state index is 0.0213. The maximum Gasteiger partial charge on any atom is 0.243 e. The summed E-state index contributed by atoms with van der Waals surface area (Å²) in [5, 5.41) is 8.27. The predicted molar refractivity (Wildman–Crippen MR) is 76.0 cm³/mol. The van der Waals surface area contributed by atoms with E-state index in [4.69, 9.17) is 0 Å². The van der Waals surface area contributed by atoms with Crippen molar-refractivity contribution in [1.29, 1.82) is 0 Å². The minimum Gasteiger partial charge on any atom is -0.346 e. The fourth-order valence-corrected chi connectivity index (χ4v) is 1.47. The van der Waals surface area contributed by atoms with Crippen LogP contribution in [-0.2, 0) is 9.59 Å². The van der Waals surface area contributed by atoms with Crippen LogP contribution >= 0.6 is 0 Å². The van der Waals surface area contributed by atoms with Gasteiger partial charge in [0.1, 0.15) is 0 Å². The van der Waals surface area contributed by atoms with Crippen molar-refractivity contribution in [3.8, 4) is 0 Å². The summed E-state index contributed by atoms with van der Waals surface area (Å²) >= 11 is 0. The van der Waals surface area contributed by atoms with Crippen LogP contribution in [0.1, 0.15) is 19.4 Å². The normalized spacial score (nSPS) is 10.3. The number of anilines is 1. The number of rotatable bonds is 6. The molecule has 0 unspecified atom stereocenters. The van der Waals surface area contributed by atoms with Crippen LogP contribution in [0.5, 0.6) is 0 Å². The van der Waals surface area contributed by atoms with Gasteiger partial charge in [0.2, 0.25) is 11.8 Å². The molecule has 1 aromatic carbocycles. The van der Waals surface area contributed by atoms with Crippen molar-refractivity contribution in [2.24, 2.45) is 0 Å². The van der Waals surface area contributed by atoms with Crippen LogP contribution in [0.25, 0.3) is 0 Å². The topological polar surface area (TPSA) is 70.2 Å². The first-order chi connectivity index (χ1) is 8.97. The van der Waals surface area contributed by atoms with Crippen LogP contribution in [0.3, 0.4) is 0 Å². The first-order valence-corrected chi connectivity index (χ1v) is 6.34. The second kappa shape index (κ2) is 7.53. The second-order valence-electron chi connectivity index (χ2n) is 4.73. The summed E-state index contributed by atoms with van der Waals surface area (Å²) in [5.74, 6) is -0.420. The van der Waals surface area contributed by atoms with Crippen molar-refractivity contribution < 1.29 is 9.59 Å². The van der Waals surface area contributed by atoms with E-state index in [0.29, 0.717) is 0 Å². The number of aryl methyl sites for hydroxylation is 1. The van der Waals surface area contributed by atoms with E-state index in [1.807, 2.05) is 45.0 Å². The summed E-state index contributed by atoms with van der Waals surface area (Å²) in [6, 6.07) is 7.75. The fourth-order valence-electron chi connectivity index (χ4n) is 1.47. The molecular formula is C14H21N3O2. The zero-order valence-corrected chi connectivity index (χ0v) is 11.6. The maximum absolute atomic E-state index is 11.6. The Hall–Kier alpha value is -1.88. The van der Waals surface area contributed by atoms with Gasteiger partial charge in [-0.25, -0.2) is 0 Å². The van der Waals surface area contributed by atoms with Crippen molar-refractivity contribution >= 4 is 17.5 Å². The van der Waals surface area contributed by atoms with E-state index in [1.165, 1.54) is 0 Å². The lowest BCUT2D eigenvalue weighted by Crippen LogP contribution is -2.40. The fraction of sp³-hybridized carbons (Fsp3) is 0.429. The van der Waals surface area contributed by atoms with E-state index in [9.17, 15) is 9.59 Å². The zero-order chi connectivity index (χ0) is 14.3. The van der Waals surface area contributed by atoms with E-state index < -0.39 is 0 Å². The minimum atomic E-state index is -0.233. The molecule has 0 aromatic heterocycles. The molecule has 3 N–H and O–H groups in total. The van der Waals surface area contributed by atoms with Crippen molar-refractivity contribution in [3.05, 3.63) is 29.8 Å². The highest BCUT2D eigenvalue weighted by Gasteiger charge is 2.06.